The first-order valence-electron chi connectivity index (χ1n) is 1.80. The predicted molar refractivity (Wildman–Crippen MR) is 27.3 cm³/mol. The maximum atomic E-state index is 8.46. The van der Waals surface area contributed by atoms with Crippen LogP contribution in [0.5, 0.6) is 0 Å². The summed E-state index contributed by atoms with van der Waals surface area (Å²) in [5.41, 5.74) is 0. The van der Waals surface area contributed by atoms with Crippen molar-refractivity contribution >= 4 is 29.1 Å². The lowest BCUT2D eigenvalue weighted by molar-refractivity contribution is 0.524. The molecular weight excluding hydrogens is 111 g/mol. The van der Waals surface area contributed by atoms with Gasteiger partial charge in [-0.2, -0.15) is 10.1 Å². The van der Waals surface area contributed by atoms with E-state index >= 15 is 0 Å². The standard InChI is InChI=1S/2CH3.Mg.HO2P/c;;;1-3-2/h2*1H3;;(H,1,2). The molecule has 0 aromatic heterocycles. The molecule has 0 aliphatic heterocycles. The molecule has 0 radical (unpaired) electrons. The van der Waals surface area contributed by atoms with Crippen molar-refractivity contribution in [2.24, 2.45) is 0 Å². The van der Waals surface area contributed by atoms with E-state index in [1.165, 1.54) is 0 Å². The van der Waals surface area contributed by atoms with E-state index in [2.05, 4.69) is 10.1 Å². The Bertz CT molecular complexity index is 25.5. The molecule has 0 amide bonds. The van der Waals surface area contributed by atoms with Crippen molar-refractivity contribution in [3.8, 4) is 0 Å². The fourth-order valence-corrected chi connectivity index (χ4v) is 0. The second-order valence-electron chi connectivity index (χ2n) is 0.789. The van der Waals surface area contributed by atoms with Gasteiger partial charge in [0.05, 0.1) is 0 Å². The Morgan fingerprint density at radius 3 is 1.67 bits per heavy atom. The van der Waals surface area contributed by atoms with Crippen molar-refractivity contribution in [2.45, 2.75) is 10.1 Å². The number of hydrogen-bond acceptors (Lipinski definition) is 1. The number of hydrogen-bond donors (Lipinski definition) is 1. The van der Waals surface area contributed by atoms with E-state index in [4.69, 9.17) is 9.46 Å². The minimum atomic E-state index is -0.833. The molecule has 0 spiro atoms. The van der Waals surface area contributed by atoms with Crippen LogP contribution in [0.4, 0.5) is 0 Å². The maximum absolute atomic E-state index is 8.46. The van der Waals surface area contributed by atoms with Crippen LogP contribution < -0.4 is 0 Å². The Morgan fingerprint density at radius 1 is 1.67 bits per heavy atom. The minimum Gasteiger partial charge on any atom is -0.310 e. The second-order valence-corrected chi connectivity index (χ2v) is 2.37. The lowest BCUT2D eigenvalue weighted by atomic mass is 11.9. The highest BCUT2D eigenvalue weighted by Crippen LogP contribution is 1.66. The molecule has 0 aromatic rings. The molecule has 0 aliphatic rings. The maximum Gasteiger partial charge on any atom is 0.356 e. The van der Waals surface area contributed by atoms with Crippen molar-refractivity contribution in [2.75, 3.05) is 0 Å². The van der Waals surface area contributed by atoms with Crippen LogP contribution in [-0.2, 0) is 4.57 Å². The Labute approximate surface area is 49.0 Å². The van der Waals surface area contributed by atoms with Gasteiger partial charge < -0.3 is 4.89 Å². The van der Waals surface area contributed by atoms with Gasteiger partial charge in [-0.15, -0.1) is 0 Å². The van der Waals surface area contributed by atoms with Gasteiger partial charge in [0.1, 0.15) is 0 Å². The smallest absolute Gasteiger partial charge is 0.310 e. The molecule has 2 nitrogen and oxygen atoms in total. The molecule has 0 aliphatic carbocycles. The molecule has 0 unspecified atom stereocenters. The van der Waals surface area contributed by atoms with E-state index in [-0.39, 0.29) is 0 Å². The molecule has 0 atom stereocenters. The average Bonchev–Trinajstić information content (AvgIpc) is 1.39. The summed E-state index contributed by atoms with van der Waals surface area (Å²) in [6.07, 6.45) is 0. The van der Waals surface area contributed by atoms with Gasteiger partial charge in [-0.05, 0) is 0 Å². The van der Waals surface area contributed by atoms with Gasteiger partial charge in [-0.25, -0.2) is 4.57 Å². The van der Waals surface area contributed by atoms with Gasteiger partial charge in [0.15, 0.2) is 0 Å². The molecule has 0 aromatic carbocycles. The van der Waals surface area contributed by atoms with E-state index in [0.717, 1.165) is 0 Å². The highest BCUT2D eigenvalue weighted by atomic mass is 31.1. The first-order valence-corrected chi connectivity index (χ1v) is 5.39. The van der Waals surface area contributed by atoms with Crippen molar-refractivity contribution in [3.05, 3.63) is 0 Å². The average molecular weight is 118 g/mol. The third-order valence-corrected chi connectivity index (χ3v) is 0. The molecule has 0 bridgehead atoms. The van der Waals surface area contributed by atoms with Crippen LogP contribution in [0.15, 0.2) is 0 Å². The highest BCUT2D eigenvalue weighted by Gasteiger charge is 1.54. The topological polar surface area (TPSA) is 37.3 Å². The van der Waals surface area contributed by atoms with Crippen LogP contribution in [0.25, 0.3) is 0 Å². The van der Waals surface area contributed by atoms with Gasteiger partial charge in [-0.3, -0.25) is 0 Å². The van der Waals surface area contributed by atoms with Crippen LogP contribution in [0.2, 0.25) is 10.1 Å². The Balaban J connectivity index is 0. The van der Waals surface area contributed by atoms with Crippen molar-refractivity contribution in [1.82, 2.24) is 0 Å². The van der Waals surface area contributed by atoms with Gasteiger partial charge in [0.25, 0.3) is 0 Å². The second kappa shape index (κ2) is 17.0. The van der Waals surface area contributed by atoms with Crippen LogP contribution >= 0.6 is 8.69 Å². The lowest BCUT2D eigenvalue weighted by Crippen LogP contribution is -1.53. The van der Waals surface area contributed by atoms with E-state index in [9.17, 15) is 0 Å². The van der Waals surface area contributed by atoms with E-state index < -0.39 is 8.69 Å². The van der Waals surface area contributed by atoms with Gasteiger partial charge in [-0.1, -0.05) is 0 Å². The molecular formula is C2H7MgO2P. The Hall–Kier alpha value is 0.826. The number of rotatable bonds is 0. The van der Waals surface area contributed by atoms with Gasteiger partial charge in [0.2, 0.25) is 0 Å². The molecule has 0 saturated heterocycles. The van der Waals surface area contributed by atoms with Crippen molar-refractivity contribution in [3.63, 3.8) is 0 Å². The van der Waals surface area contributed by atoms with Crippen LogP contribution in [0.1, 0.15) is 0 Å². The molecule has 34 valence electrons. The monoisotopic (exact) mass is 118 g/mol. The van der Waals surface area contributed by atoms with Crippen LogP contribution in [0.3, 0.4) is 0 Å². The summed E-state index contributed by atoms with van der Waals surface area (Å²) < 4.78 is 8.46. The Kier molecular flexibility index (Phi) is 28.2. The molecule has 1 N–H and O–H groups in total. The first kappa shape index (κ1) is 9.95. The summed E-state index contributed by atoms with van der Waals surface area (Å²) in [4.78, 5) is 6.99. The third kappa shape index (κ3) is 104. The normalized spacial score (nSPS) is 5.17. The van der Waals surface area contributed by atoms with Crippen molar-refractivity contribution < 1.29 is 9.46 Å². The van der Waals surface area contributed by atoms with E-state index in [1.807, 2.05) is 0 Å². The Morgan fingerprint density at radius 2 is 1.67 bits per heavy atom. The molecule has 0 heterocycles. The molecule has 0 fully saturated rings. The fourth-order valence-electron chi connectivity index (χ4n) is 0. The van der Waals surface area contributed by atoms with E-state index in [1.54, 1.807) is 0 Å². The largest absolute Gasteiger partial charge is 0.356 e. The summed E-state index contributed by atoms with van der Waals surface area (Å²) in [6.45, 7) is 0. The van der Waals surface area contributed by atoms with Crippen molar-refractivity contribution in [1.29, 1.82) is 0 Å². The summed E-state index contributed by atoms with van der Waals surface area (Å²) in [5, 5.41) is 4.53. The quantitative estimate of drug-likeness (QED) is 0.380. The van der Waals surface area contributed by atoms with Gasteiger partial charge >= 0.3 is 29.1 Å². The zero-order valence-electron chi connectivity index (χ0n) is 4.01. The van der Waals surface area contributed by atoms with E-state index in [0.29, 0.717) is 20.4 Å². The fraction of sp³-hybridized carbons (Fsp3) is 1.00. The van der Waals surface area contributed by atoms with Gasteiger partial charge in [0, 0.05) is 0 Å². The first-order chi connectivity index (χ1) is 2.83. The van der Waals surface area contributed by atoms with Crippen LogP contribution in [0, 0.1) is 0 Å². The lowest BCUT2D eigenvalue weighted by Gasteiger charge is -1.34. The zero-order chi connectivity index (χ0) is 5.41. The van der Waals surface area contributed by atoms with Crippen LogP contribution in [-0.4, -0.2) is 25.3 Å². The summed E-state index contributed by atoms with van der Waals surface area (Å²) in [5.74, 6) is 0. The molecule has 0 saturated carbocycles. The SMILES string of the molecule is O=PO.[CH3][Mg][CH3]. The molecule has 4 heteroatoms. The highest BCUT2D eigenvalue weighted by molar-refractivity contribution is 7.16. The summed E-state index contributed by atoms with van der Waals surface area (Å²) in [6, 6.07) is 0. The predicted octanol–water partition coefficient (Wildman–Crippen LogP) is 0.972. The molecule has 0 rings (SSSR count). The zero-order valence-corrected chi connectivity index (χ0v) is 6.32. The third-order valence-electron chi connectivity index (χ3n) is 0. The summed E-state index contributed by atoms with van der Waals surface area (Å²) >= 11 is 0.417. The molecule has 6 heavy (non-hydrogen) atoms. The minimum absolute atomic E-state index is 0.417. The summed E-state index contributed by atoms with van der Waals surface area (Å²) in [7, 11) is -0.833.